The lowest BCUT2D eigenvalue weighted by atomic mass is 9.57. The lowest BCUT2D eigenvalue weighted by Gasteiger charge is -2.51. The number of carbonyl (C=O) groups excluding carboxylic acids is 2. The third kappa shape index (κ3) is 5.54. The zero-order valence-corrected chi connectivity index (χ0v) is 25.3. The molecule has 5 fully saturated rings. The van der Waals surface area contributed by atoms with Gasteiger partial charge in [-0.15, -0.1) is 0 Å². The number of hydrogen-bond acceptors (Lipinski definition) is 11. The summed E-state index contributed by atoms with van der Waals surface area (Å²) >= 11 is 0. The Kier molecular flexibility index (Phi) is 8.96. The fourth-order valence-corrected chi connectivity index (χ4v) is 7.98. The molecule has 5 atom stereocenters. The van der Waals surface area contributed by atoms with Gasteiger partial charge in [-0.3, -0.25) is 14.5 Å². The Balaban J connectivity index is 1.35. The lowest BCUT2D eigenvalue weighted by Crippen LogP contribution is -2.60. The van der Waals surface area contributed by atoms with Crippen molar-refractivity contribution in [2.45, 2.75) is 101 Å². The van der Waals surface area contributed by atoms with Crippen LogP contribution in [0, 0.1) is 16.7 Å². The Bertz CT molecular complexity index is 1220. The minimum absolute atomic E-state index is 0.0879. The standard InChI is InChI=1S/C32H45N5O6/c1-3-24(23-11-9-16-37(23)2)43-30-22(20-33)28(34-25-12-4-7-17-40-25)35-29(36-30)26(38)21-10-8-14-31(27(21)39)13-5-6-15-32(31)41-18-19-42-32/h3,20-21,23-25,33H,1,4-19H2,2H3,(H,34,35,36)/t21?,23-,24-,25?,31-/m0/s1. The van der Waals surface area contributed by atoms with Crippen molar-refractivity contribution in [3.8, 4) is 5.88 Å². The molecule has 0 amide bonds. The van der Waals surface area contributed by atoms with E-state index in [1.165, 1.54) is 0 Å². The summed E-state index contributed by atoms with van der Waals surface area (Å²) in [4.78, 5) is 40.1. The summed E-state index contributed by atoms with van der Waals surface area (Å²) < 4.78 is 24.7. The van der Waals surface area contributed by atoms with Crippen LogP contribution >= 0.6 is 0 Å². The molecule has 2 spiro atoms. The van der Waals surface area contributed by atoms with Crippen LogP contribution in [0.3, 0.4) is 0 Å². The van der Waals surface area contributed by atoms with Crippen LogP contribution in [0.2, 0.25) is 0 Å². The van der Waals surface area contributed by atoms with Gasteiger partial charge in [0.05, 0.1) is 36.2 Å². The summed E-state index contributed by atoms with van der Waals surface area (Å²) in [6, 6.07) is 0.0944. The van der Waals surface area contributed by atoms with Gasteiger partial charge in [0, 0.05) is 19.2 Å². The number of ketones is 2. The normalized spacial score (nSPS) is 31.7. The number of likely N-dealkylation sites (N-methyl/N-ethyl adjacent to an activating group) is 1. The molecule has 6 rings (SSSR count). The Labute approximate surface area is 253 Å². The molecule has 234 valence electrons. The topological polar surface area (TPSA) is 136 Å². The SMILES string of the molecule is C=C[C@H](Oc1nc(C(=O)C2CCC[C@@]3(CCCCC34OCCO4)C2=O)nc(NC2CCCCO2)c1C=N)[C@@H]1CCCN1C. The van der Waals surface area contributed by atoms with Crippen molar-refractivity contribution in [2.75, 3.05) is 38.7 Å². The molecular weight excluding hydrogens is 550 g/mol. The molecule has 3 aliphatic heterocycles. The Hall–Kier alpha value is -2.73. The molecule has 2 saturated carbocycles. The molecule has 43 heavy (non-hydrogen) atoms. The van der Waals surface area contributed by atoms with Crippen molar-refractivity contribution in [3.63, 3.8) is 0 Å². The highest BCUT2D eigenvalue weighted by molar-refractivity contribution is 6.11. The molecule has 0 aromatic carbocycles. The van der Waals surface area contributed by atoms with Crippen LogP contribution in [-0.2, 0) is 19.0 Å². The maximum Gasteiger partial charge on any atom is 0.228 e. The molecule has 3 saturated heterocycles. The second-order valence-corrected chi connectivity index (χ2v) is 12.7. The highest BCUT2D eigenvalue weighted by Gasteiger charge is 2.63. The second kappa shape index (κ2) is 12.7. The van der Waals surface area contributed by atoms with E-state index < -0.39 is 29.0 Å². The molecule has 5 aliphatic rings. The number of hydrogen-bond donors (Lipinski definition) is 2. The predicted octanol–water partition coefficient (Wildman–Crippen LogP) is 4.30. The van der Waals surface area contributed by atoms with Gasteiger partial charge in [-0.05, 0) is 77.5 Å². The molecule has 4 heterocycles. The molecule has 0 bridgehead atoms. The summed E-state index contributed by atoms with van der Waals surface area (Å²) in [5, 5.41) is 11.5. The quantitative estimate of drug-likeness (QED) is 0.184. The van der Waals surface area contributed by atoms with E-state index in [1.54, 1.807) is 6.08 Å². The molecular formula is C32H45N5O6. The number of likely N-dealkylation sites (tertiary alicyclic amines) is 1. The molecule has 1 aromatic heterocycles. The van der Waals surface area contributed by atoms with E-state index in [0.717, 1.165) is 57.7 Å². The van der Waals surface area contributed by atoms with Gasteiger partial charge < -0.3 is 29.7 Å². The van der Waals surface area contributed by atoms with E-state index in [4.69, 9.17) is 24.4 Å². The van der Waals surface area contributed by atoms with Gasteiger partial charge in [-0.25, -0.2) is 4.98 Å². The van der Waals surface area contributed by atoms with Crippen molar-refractivity contribution in [1.29, 1.82) is 5.41 Å². The van der Waals surface area contributed by atoms with Gasteiger partial charge in [0.15, 0.2) is 11.6 Å². The fourth-order valence-electron chi connectivity index (χ4n) is 7.98. The first kappa shape index (κ1) is 30.3. The van der Waals surface area contributed by atoms with Crippen LogP contribution in [0.5, 0.6) is 5.88 Å². The van der Waals surface area contributed by atoms with Crippen molar-refractivity contribution >= 4 is 23.6 Å². The summed E-state index contributed by atoms with van der Waals surface area (Å²) in [5.41, 5.74) is -0.504. The van der Waals surface area contributed by atoms with E-state index >= 15 is 0 Å². The molecule has 11 heteroatoms. The smallest absolute Gasteiger partial charge is 0.228 e. The maximum atomic E-state index is 14.4. The largest absolute Gasteiger partial charge is 0.468 e. The number of fused-ring (bicyclic) bond motifs is 1. The zero-order valence-electron chi connectivity index (χ0n) is 25.3. The first-order valence-corrected chi connectivity index (χ1v) is 16.1. The Morgan fingerprint density at radius 3 is 2.56 bits per heavy atom. The van der Waals surface area contributed by atoms with E-state index in [0.29, 0.717) is 63.3 Å². The third-order valence-electron chi connectivity index (χ3n) is 10.2. The van der Waals surface area contributed by atoms with Crippen LogP contribution < -0.4 is 10.1 Å². The van der Waals surface area contributed by atoms with Gasteiger partial charge in [0.2, 0.25) is 17.5 Å². The third-order valence-corrected chi connectivity index (χ3v) is 10.2. The Morgan fingerprint density at radius 1 is 1.07 bits per heavy atom. The molecule has 0 radical (unpaired) electrons. The number of rotatable bonds is 9. The minimum Gasteiger partial charge on any atom is -0.468 e. The molecule has 11 nitrogen and oxygen atoms in total. The van der Waals surface area contributed by atoms with Crippen molar-refractivity contribution in [1.82, 2.24) is 14.9 Å². The number of Topliss-reactive ketones (excluding diaryl/α,β-unsaturated/α-hetero) is 2. The monoisotopic (exact) mass is 595 g/mol. The number of aromatic nitrogens is 2. The van der Waals surface area contributed by atoms with Crippen LogP contribution in [0.1, 0.15) is 93.2 Å². The zero-order chi connectivity index (χ0) is 30.0. The molecule has 1 aromatic rings. The number of nitrogens with one attached hydrogen (secondary N) is 2. The number of nitrogens with zero attached hydrogens (tertiary/aromatic N) is 3. The van der Waals surface area contributed by atoms with Gasteiger partial charge >= 0.3 is 0 Å². The number of ether oxygens (including phenoxy) is 4. The van der Waals surface area contributed by atoms with Crippen molar-refractivity contribution in [2.24, 2.45) is 11.3 Å². The van der Waals surface area contributed by atoms with Crippen LogP contribution in [0.4, 0.5) is 5.82 Å². The van der Waals surface area contributed by atoms with Crippen LogP contribution in [0.25, 0.3) is 0 Å². The Morgan fingerprint density at radius 2 is 1.86 bits per heavy atom. The van der Waals surface area contributed by atoms with E-state index in [2.05, 4.69) is 33.8 Å². The first-order valence-electron chi connectivity index (χ1n) is 16.1. The molecule has 2 aliphatic carbocycles. The van der Waals surface area contributed by atoms with Gasteiger partial charge in [-0.1, -0.05) is 19.4 Å². The van der Waals surface area contributed by atoms with Crippen molar-refractivity contribution in [3.05, 3.63) is 24.0 Å². The average molecular weight is 596 g/mol. The van der Waals surface area contributed by atoms with E-state index in [1.807, 2.05) is 0 Å². The maximum absolute atomic E-state index is 14.4. The van der Waals surface area contributed by atoms with Crippen molar-refractivity contribution < 1.29 is 28.5 Å². The fraction of sp³-hybridized carbons (Fsp3) is 0.719. The van der Waals surface area contributed by atoms with Crippen LogP contribution in [-0.4, -0.2) is 90.2 Å². The van der Waals surface area contributed by atoms with E-state index in [-0.39, 0.29) is 29.8 Å². The molecule has 2 N–H and O–H groups in total. The van der Waals surface area contributed by atoms with Gasteiger partial charge in [-0.2, -0.15) is 4.98 Å². The highest BCUT2D eigenvalue weighted by Crippen LogP contribution is 2.56. The molecule has 2 unspecified atom stereocenters. The average Bonchev–Trinajstić information content (AvgIpc) is 3.68. The highest BCUT2D eigenvalue weighted by atomic mass is 16.7. The second-order valence-electron chi connectivity index (χ2n) is 12.7. The number of carbonyl (C=O) groups is 2. The predicted molar refractivity (Wildman–Crippen MR) is 160 cm³/mol. The summed E-state index contributed by atoms with van der Waals surface area (Å²) in [6.45, 7) is 6.50. The number of anilines is 1. The van der Waals surface area contributed by atoms with E-state index in [9.17, 15) is 9.59 Å². The summed E-state index contributed by atoms with van der Waals surface area (Å²) in [5.74, 6) is -2.05. The van der Waals surface area contributed by atoms with Gasteiger partial charge in [0.1, 0.15) is 18.1 Å². The van der Waals surface area contributed by atoms with Crippen LogP contribution in [0.15, 0.2) is 12.7 Å². The summed E-state index contributed by atoms with van der Waals surface area (Å²) in [6.07, 6.45) is 11.9. The minimum atomic E-state index is -0.948. The summed E-state index contributed by atoms with van der Waals surface area (Å²) in [7, 11) is 2.05. The first-order chi connectivity index (χ1) is 20.9. The van der Waals surface area contributed by atoms with Gasteiger partial charge in [0.25, 0.3) is 0 Å². The lowest BCUT2D eigenvalue weighted by molar-refractivity contribution is -0.255.